The van der Waals surface area contributed by atoms with Crippen LogP contribution in [0, 0.1) is 17.8 Å². The van der Waals surface area contributed by atoms with Crippen molar-refractivity contribution in [1.82, 2.24) is 10.9 Å². The number of rotatable bonds is 3. The summed E-state index contributed by atoms with van der Waals surface area (Å²) in [6.07, 6.45) is 4.67. The van der Waals surface area contributed by atoms with Gasteiger partial charge in [-0.15, -0.1) is 0 Å². The minimum absolute atomic E-state index is 0.0694. The van der Waals surface area contributed by atoms with Crippen molar-refractivity contribution in [2.75, 3.05) is 5.32 Å². The quantitative estimate of drug-likeness (QED) is 0.744. The van der Waals surface area contributed by atoms with Gasteiger partial charge in [0, 0.05) is 24.1 Å². The maximum Gasteiger partial charge on any atom is 0.269 e. The zero-order valence-corrected chi connectivity index (χ0v) is 13.1. The Labute approximate surface area is 135 Å². The van der Waals surface area contributed by atoms with Gasteiger partial charge in [-0.05, 0) is 48.9 Å². The molecule has 23 heavy (non-hydrogen) atoms. The molecule has 0 aliphatic heterocycles. The van der Waals surface area contributed by atoms with Gasteiger partial charge < -0.3 is 5.32 Å². The van der Waals surface area contributed by atoms with Gasteiger partial charge in [-0.2, -0.15) is 0 Å². The molecule has 2 aliphatic carbocycles. The largest absolute Gasteiger partial charge is 0.326 e. The summed E-state index contributed by atoms with van der Waals surface area (Å²) in [4.78, 5) is 35.1. The van der Waals surface area contributed by atoms with Crippen molar-refractivity contribution in [2.24, 2.45) is 17.8 Å². The summed E-state index contributed by atoms with van der Waals surface area (Å²) in [6, 6.07) is 6.49. The summed E-state index contributed by atoms with van der Waals surface area (Å²) < 4.78 is 0. The third-order valence-corrected chi connectivity index (χ3v) is 4.73. The lowest BCUT2D eigenvalue weighted by Gasteiger charge is -2.08. The maximum absolute atomic E-state index is 12.1. The molecule has 1 aromatic carbocycles. The van der Waals surface area contributed by atoms with E-state index >= 15 is 0 Å². The number of benzene rings is 1. The van der Waals surface area contributed by atoms with Crippen LogP contribution in [0.25, 0.3) is 0 Å². The molecular formula is C17H21N3O3. The number of hydrazine groups is 1. The fraction of sp³-hybridized carbons (Fsp3) is 0.471. The lowest BCUT2D eigenvalue weighted by Crippen LogP contribution is -2.42. The summed E-state index contributed by atoms with van der Waals surface area (Å²) in [7, 11) is 0. The molecular weight excluding hydrogens is 294 g/mol. The van der Waals surface area contributed by atoms with Gasteiger partial charge in [0.2, 0.25) is 11.8 Å². The third-order valence-electron chi connectivity index (χ3n) is 4.73. The molecule has 6 heteroatoms. The molecule has 1 aromatic rings. The summed E-state index contributed by atoms with van der Waals surface area (Å²) in [6.45, 7) is 1.42. The molecule has 122 valence electrons. The fourth-order valence-corrected chi connectivity index (χ4v) is 3.56. The predicted octanol–water partition coefficient (Wildman–Crippen LogP) is 1.84. The Morgan fingerprint density at radius 2 is 1.57 bits per heavy atom. The number of fused-ring (bicyclic) bond motifs is 1. The first-order valence-electron chi connectivity index (χ1n) is 8.04. The van der Waals surface area contributed by atoms with E-state index in [9.17, 15) is 14.4 Å². The van der Waals surface area contributed by atoms with Gasteiger partial charge in [-0.3, -0.25) is 25.2 Å². The standard InChI is InChI=1S/C17H21N3O3/c1-10(21)18-12-8-6-11(7-9-12)16(22)19-20-17(23)15-13-4-2-3-5-14(13)15/h6-9,13-15H,2-5H2,1H3,(H,18,21)(H,19,22)(H,20,23)/t13-,14+,15?. The lowest BCUT2D eigenvalue weighted by atomic mass is 10.0. The molecule has 0 saturated heterocycles. The monoisotopic (exact) mass is 315 g/mol. The number of hydrogen-bond donors (Lipinski definition) is 3. The SMILES string of the molecule is CC(=O)Nc1ccc(C(=O)NNC(=O)C2[C@H]3CCCC[C@@H]23)cc1. The third kappa shape index (κ3) is 3.52. The van der Waals surface area contributed by atoms with E-state index in [2.05, 4.69) is 16.2 Å². The maximum atomic E-state index is 12.1. The van der Waals surface area contributed by atoms with Gasteiger partial charge in [0.1, 0.15) is 0 Å². The smallest absolute Gasteiger partial charge is 0.269 e. The van der Waals surface area contributed by atoms with E-state index in [0.29, 0.717) is 23.1 Å². The second-order valence-corrected chi connectivity index (χ2v) is 6.34. The van der Waals surface area contributed by atoms with E-state index < -0.39 is 0 Å². The number of nitrogens with one attached hydrogen (secondary N) is 3. The minimum Gasteiger partial charge on any atom is -0.326 e. The fourth-order valence-electron chi connectivity index (χ4n) is 3.56. The molecule has 3 rings (SSSR count). The van der Waals surface area contributed by atoms with Crippen molar-refractivity contribution in [3.63, 3.8) is 0 Å². The average molecular weight is 315 g/mol. The highest BCUT2D eigenvalue weighted by molar-refractivity contribution is 5.96. The van der Waals surface area contributed by atoms with Crippen LogP contribution in [0.15, 0.2) is 24.3 Å². The van der Waals surface area contributed by atoms with Crippen molar-refractivity contribution in [2.45, 2.75) is 32.6 Å². The van der Waals surface area contributed by atoms with Crippen LogP contribution in [0.4, 0.5) is 5.69 Å². The number of carbonyl (C=O) groups is 3. The number of carbonyl (C=O) groups excluding carboxylic acids is 3. The van der Waals surface area contributed by atoms with E-state index in [1.54, 1.807) is 24.3 Å². The van der Waals surface area contributed by atoms with Crippen LogP contribution in [0.2, 0.25) is 0 Å². The first kappa shape index (κ1) is 15.5. The summed E-state index contributed by atoms with van der Waals surface area (Å²) in [5.41, 5.74) is 6.05. The summed E-state index contributed by atoms with van der Waals surface area (Å²) in [5.74, 6) is 0.483. The Morgan fingerprint density at radius 1 is 0.957 bits per heavy atom. The van der Waals surface area contributed by atoms with Crippen molar-refractivity contribution in [3.8, 4) is 0 Å². The van der Waals surface area contributed by atoms with Crippen LogP contribution in [0.3, 0.4) is 0 Å². The molecule has 0 aromatic heterocycles. The van der Waals surface area contributed by atoms with Gasteiger partial charge in [0.05, 0.1) is 0 Å². The van der Waals surface area contributed by atoms with E-state index in [-0.39, 0.29) is 23.6 Å². The molecule has 2 fully saturated rings. The molecule has 0 spiro atoms. The molecule has 1 unspecified atom stereocenters. The van der Waals surface area contributed by atoms with Crippen molar-refractivity contribution >= 4 is 23.4 Å². The van der Waals surface area contributed by atoms with Crippen molar-refractivity contribution < 1.29 is 14.4 Å². The topological polar surface area (TPSA) is 87.3 Å². The molecule has 0 radical (unpaired) electrons. The summed E-state index contributed by atoms with van der Waals surface area (Å²) in [5, 5.41) is 2.63. The number of amides is 3. The second-order valence-electron chi connectivity index (χ2n) is 6.34. The first-order valence-corrected chi connectivity index (χ1v) is 8.04. The first-order chi connectivity index (χ1) is 11.1. The lowest BCUT2D eigenvalue weighted by molar-refractivity contribution is -0.123. The Bertz CT molecular complexity index is 614. The molecule has 6 nitrogen and oxygen atoms in total. The number of hydrogen-bond acceptors (Lipinski definition) is 3. The molecule has 3 atom stereocenters. The zero-order valence-electron chi connectivity index (χ0n) is 13.1. The second kappa shape index (κ2) is 6.40. The highest BCUT2D eigenvalue weighted by atomic mass is 16.2. The van der Waals surface area contributed by atoms with Gasteiger partial charge in [0.25, 0.3) is 5.91 Å². The van der Waals surface area contributed by atoms with E-state index in [4.69, 9.17) is 0 Å². The van der Waals surface area contributed by atoms with E-state index in [1.807, 2.05) is 0 Å². The van der Waals surface area contributed by atoms with Crippen LogP contribution >= 0.6 is 0 Å². The Morgan fingerprint density at radius 3 is 2.13 bits per heavy atom. The molecule has 0 bridgehead atoms. The highest BCUT2D eigenvalue weighted by Crippen LogP contribution is 2.55. The average Bonchev–Trinajstić information content (AvgIpc) is 3.27. The molecule has 2 saturated carbocycles. The van der Waals surface area contributed by atoms with Crippen molar-refractivity contribution in [1.29, 1.82) is 0 Å². The minimum atomic E-state index is -0.364. The van der Waals surface area contributed by atoms with Crippen LogP contribution < -0.4 is 16.2 Å². The molecule has 2 aliphatic rings. The van der Waals surface area contributed by atoms with Crippen LogP contribution in [-0.4, -0.2) is 17.7 Å². The van der Waals surface area contributed by atoms with Gasteiger partial charge in [0.15, 0.2) is 0 Å². The van der Waals surface area contributed by atoms with E-state index in [1.165, 1.54) is 19.8 Å². The van der Waals surface area contributed by atoms with Gasteiger partial charge >= 0.3 is 0 Å². The highest BCUT2D eigenvalue weighted by Gasteiger charge is 2.54. The van der Waals surface area contributed by atoms with Gasteiger partial charge in [-0.1, -0.05) is 12.8 Å². The Hall–Kier alpha value is -2.37. The normalized spacial score (nSPS) is 25.0. The zero-order chi connectivity index (χ0) is 16.4. The molecule has 3 amide bonds. The Kier molecular flexibility index (Phi) is 4.32. The molecule has 3 N–H and O–H groups in total. The van der Waals surface area contributed by atoms with Crippen LogP contribution in [0.5, 0.6) is 0 Å². The van der Waals surface area contributed by atoms with Crippen LogP contribution in [-0.2, 0) is 9.59 Å². The molecule has 0 heterocycles. The summed E-state index contributed by atoms with van der Waals surface area (Å²) >= 11 is 0. The van der Waals surface area contributed by atoms with E-state index in [0.717, 1.165) is 12.8 Å². The predicted molar refractivity (Wildman–Crippen MR) is 85.3 cm³/mol. The van der Waals surface area contributed by atoms with Crippen LogP contribution in [0.1, 0.15) is 43.0 Å². The number of anilines is 1. The van der Waals surface area contributed by atoms with Gasteiger partial charge in [-0.25, -0.2) is 0 Å². The van der Waals surface area contributed by atoms with Crippen molar-refractivity contribution in [3.05, 3.63) is 29.8 Å². The Balaban J connectivity index is 1.49.